The number of hydrogen-bond donors (Lipinski definition) is 1. The van der Waals surface area contributed by atoms with Gasteiger partial charge in [-0.3, -0.25) is 0 Å². The van der Waals surface area contributed by atoms with Crippen molar-refractivity contribution < 1.29 is 4.39 Å². The number of para-hydroxylation sites is 1. The van der Waals surface area contributed by atoms with Gasteiger partial charge in [-0.05, 0) is 38.4 Å². The molecule has 1 fully saturated rings. The number of likely N-dealkylation sites (N-methyl/N-ethyl adjacent to an activating group) is 1. The van der Waals surface area contributed by atoms with Gasteiger partial charge >= 0.3 is 0 Å². The van der Waals surface area contributed by atoms with Gasteiger partial charge in [0.2, 0.25) is 0 Å². The van der Waals surface area contributed by atoms with E-state index in [0.717, 1.165) is 25.3 Å². The SMILES string of the molecule is CCN(CC1CCCCCN1)c1ccccc1F. The Labute approximate surface area is 109 Å². The highest BCUT2D eigenvalue weighted by Crippen LogP contribution is 2.20. The van der Waals surface area contributed by atoms with E-state index >= 15 is 0 Å². The maximum absolute atomic E-state index is 13.8. The molecule has 1 N–H and O–H groups in total. The van der Waals surface area contributed by atoms with E-state index in [-0.39, 0.29) is 5.82 Å². The van der Waals surface area contributed by atoms with Crippen LogP contribution in [-0.2, 0) is 0 Å². The minimum absolute atomic E-state index is 0.118. The average Bonchev–Trinajstić information content (AvgIpc) is 2.65. The second kappa shape index (κ2) is 6.74. The lowest BCUT2D eigenvalue weighted by atomic mass is 10.1. The van der Waals surface area contributed by atoms with Crippen molar-refractivity contribution in [2.45, 2.75) is 38.6 Å². The van der Waals surface area contributed by atoms with E-state index in [1.165, 1.54) is 25.7 Å². The molecular formula is C15H23FN2. The van der Waals surface area contributed by atoms with Crippen molar-refractivity contribution in [3.8, 4) is 0 Å². The average molecular weight is 250 g/mol. The van der Waals surface area contributed by atoms with Crippen molar-refractivity contribution >= 4 is 5.69 Å². The fourth-order valence-corrected chi connectivity index (χ4v) is 2.63. The lowest BCUT2D eigenvalue weighted by Gasteiger charge is -2.28. The summed E-state index contributed by atoms with van der Waals surface area (Å²) in [5.74, 6) is -0.118. The smallest absolute Gasteiger partial charge is 0.146 e. The molecule has 1 saturated heterocycles. The molecule has 2 rings (SSSR count). The first kappa shape index (κ1) is 13.3. The number of benzene rings is 1. The Balaban J connectivity index is 2.02. The molecule has 0 radical (unpaired) electrons. The van der Waals surface area contributed by atoms with Crippen molar-refractivity contribution in [3.05, 3.63) is 30.1 Å². The second-order valence-corrected chi connectivity index (χ2v) is 4.99. The molecule has 0 amide bonds. The van der Waals surface area contributed by atoms with Gasteiger partial charge in [0.1, 0.15) is 5.82 Å². The van der Waals surface area contributed by atoms with Crippen LogP contribution in [0.5, 0.6) is 0 Å². The molecule has 1 aliphatic heterocycles. The summed E-state index contributed by atoms with van der Waals surface area (Å²) in [5, 5.41) is 3.57. The zero-order chi connectivity index (χ0) is 12.8. The molecule has 0 spiro atoms. The van der Waals surface area contributed by atoms with Crippen molar-refractivity contribution in [1.82, 2.24) is 5.32 Å². The Bertz CT molecular complexity index is 359. The van der Waals surface area contributed by atoms with E-state index in [1.807, 2.05) is 12.1 Å². The van der Waals surface area contributed by atoms with Gasteiger partial charge in [0.25, 0.3) is 0 Å². The number of nitrogens with one attached hydrogen (secondary N) is 1. The fraction of sp³-hybridized carbons (Fsp3) is 0.600. The molecule has 1 aliphatic rings. The fourth-order valence-electron chi connectivity index (χ4n) is 2.63. The van der Waals surface area contributed by atoms with Gasteiger partial charge in [0.15, 0.2) is 0 Å². The largest absolute Gasteiger partial charge is 0.368 e. The van der Waals surface area contributed by atoms with Crippen molar-refractivity contribution in [1.29, 1.82) is 0 Å². The van der Waals surface area contributed by atoms with Crippen LogP contribution >= 0.6 is 0 Å². The molecule has 18 heavy (non-hydrogen) atoms. The van der Waals surface area contributed by atoms with Crippen LogP contribution < -0.4 is 10.2 Å². The standard InChI is InChI=1S/C15H23FN2/c1-2-18(15-10-6-5-9-14(15)16)12-13-8-4-3-7-11-17-13/h5-6,9-10,13,17H,2-4,7-8,11-12H2,1H3. The van der Waals surface area contributed by atoms with Gasteiger partial charge in [0.05, 0.1) is 5.69 Å². The van der Waals surface area contributed by atoms with Crippen LogP contribution in [0.15, 0.2) is 24.3 Å². The first-order chi connectivity index (χ1) is 8.81. The molecular weight excluding hydrogens is 227 g/mol. The summed E-state index contributed by atoms with van der Waals surface area (Å²) < 4.78 is 13.8. The van der Waals surface area contributed by atoms with E-state index in [9.17, 15) is 4.39 Å². The van der Waals surface area contributed by atoms with Gasteiger partial charge in [-0.1, -0.05) is 25.0 Å². The van der Waals surface area contributed by atoms with E-state index in [2.05, 4.69) is 17.1 Å². The minimum Gasteiger partial charge on any atom is -0.368 e. The van der Waals surface area contributed by atoms with Gasteiger partial charge in [-0.25, -0.2) is 4.39 Å². The van der Waals surface area contributed by atoms with E-state index < -0.39 is 0 Å². The second-order valence-electron chi connectivity index (χ2n) is 4.99. The summed E-state index contributed by atoms with van der Waals surface area (Å²) in [6.07, 6.45) is 5.06. The monoisotopic (exact) mass is 250 g/mol. The molecule has 1 heterocycles. The number of rotatable bonds is 4. The lowest BCUT2D eigenvalue weighted by Crippen LogP contribution is -2.41. The molecule has 1 aromatic carbocycles. The maximum atomic E-state index is 13.8. The number of nitrogens with zero attached hydrogens (tertiary/aromatic N) is 1. The number of anilines is 1. The van der Waals surface area contributed by atoms with Crippen LogP contribution in [-0.4, -0.2) is 25.7 Å². The Morgan fingerprint density at radius 1 is 1.28 bits per heavy atom. The Kier molecular flexibility index (Phi) is 5.00. The van der Waals surface area contributed by atoms with Gasteiger partial charge in [-0.15, -0.1) is 0 Å². The van der Waals surface area contributed by atoms with Crippen molar-refractivity contribution in [2.75, 3.05) is 24.5 Å². The quantitative estimate of drug-likeness (QED) is 0.883. The van der Waals surface area contributed by atoms with Gasteiger partial charge < -0.3 is 10.2 Å². The summed E-state index contributed by atoms with van der Waals surface area (Å²) in [6, 6.07) is 7.55. The Hall–Kier alpha value is -1.09. The molecule has 0 aromatic heterocycles. The van der Waals surface area contributed by atoms with Crippen molar-refractivity contribution in [3.63, 3.8) is 0 Å². The van der Waals surface area contributed by atoms with Crippen molar-refractivity contribution in [2.24, 2.45) is 0 Å². The third kappa shape index (κ3) is 3.45. The predicted molar refractivity (Wildman–Crippen MR) is 74.5 cm³/mol. The number of halogens is 1. The molecule has 0 saturated carbocycles. The molecule has 1 unspecified atom stereocenters. The zero-order valence-electron chi connectivity index (χ0n) is 11.2. The van der Waals surface area contributed by atoms with Crippen LogP contribution in [0.4, 0.5) is 10.1 Å². The first-order valence-corrected chi connectivity index (χ1v) is 7.04. The normalized spacial score (nSPS) is 20.4. The molecule has 1 aromatic rings. The Morgan fingerprint density at radius 3 is 2.89 bits per heavy atom. The van der Waals surface area contributed by atoms with Crippen LogP contribution in [0.1, 0.15) is 32.6 Å². The first-order valence-electron chi connectivity index (χ1n) is 7.04. The molecule has 0 aliphatic carbocycles. The molecule has 0 bridgehead atoms. The highest BCUT2D eigenvalue weighted by Gasteiger charge is 2.16. The summed E-state index contributed by atoms with van der Waals surface area (Å²) in [7, 11) is 0. The topological polar surface area (TPSA) is 15.3 Å². The molecule has 1 atom stereocenters. The molecule has 3 heteroatoms. The number of hydrogen-bond acceptors (Lipinski definition) is 2. The third-order valence-electron chi connectivity index (χ3n) is 3.68. The van der Waals surface area contributed by atoms with E-state index in [4.69, 9.17) is 0 Å². The van der Waals surface area contributed by atoms with E-state index in [1.54, 1.807) is 12.1 Å². The van der Waals surface area contributed by atoms with Crippen LogP contribution in [0.2, 0.25) is 0 Å². The van der Waals surface area contributed by atoms with Gasteiger partial charge in [0, 0.05) is 19.1 Å². The van der Waals surface area contributed by atoms with Crippen LogP contribution in [0.25, 0.3) is 0 Å². The van der Waals surface area contributed by atoms with Crippen LogP contribution in [0.3, 0.4) is 0 Å². The van der Waals surface area contributed by atoms with Gasteiger partial charge in [-0.2, -0.15) is 0 Å². The Morgan fingerprint density at radius 2 is 2.11 bits per heavy atom. The lowest BCUT2D eigenvalue weighted by molar-refractivity contribution is 0.498. The summed E-state index contributed by atoms with van der Waals surface area (Å²) in [5.41, 5.74) is 0.728. The third-order valence-corrected chi connectivity index (χ3v) is 3.68. The molecule has 100 valence electrons. The molecule has 2 nitrogen and oxygen atoms in total. The summed E-state index contributed by atoms with van der Waals surface area (Å²) >= 11 is 0. The summed E-state index contributed by atoms with van der Waals surface area (Å²) in [6.45, 7) is 4.93. The predicted octanol–water partition coefficient (Wildman–Crippen LogP) is 3.18. The summed E-state index contributed by atoms with van der Waals surface area (Å²) in [4.78, 5) is 2.14. The highest BCUT2D eigenvalue weighted by atomic mass is 19.1. The van der Waals surface area contributed by atoms with E-state index in [0.29, 0.717) is 6.04 Å². The minimum atomic E-state index is -0.118. The van der Waals surface area contributed by atoms with Crippen LogP contribution in [0, 0.1) is 5.82 Å². The maximum Gasteiger partial charge on any atom is 0.146 e. The highest BCUT2D eigenvalue weighted by molar-refractivity contribution is 5.47. The zero-order valence-corrected chi connectivity index (χ0v) is 11.2.